The molecule has 0 amide bonds. The lowest BCUT2D eigenvalue weighted by Gasteiger charge is -2.30. The van der Waals surface area contributed by atoms with E-state index in [4.69, 9.17) is 9.47 Å². The number of piperidine rings is 1. The molecule has 1 aromatic heterocycles. The lowest BCUT2D eigenvalue weighted by molar-refractivity contribution is 0.0872. The molecule has 0 saturated carbocycles. The number of benzene rings is 1. The number of Topliss-reactive ketones (excluding diaryl/α,β-unsaturated/α-hetero) is 1. The van der Waals surface area contributed by atoms with Gasteiger partial charge in [-0.3, -0.25) is 4.79 Å². The van der Waals surface area contributed by atoms with Gasteiger partial charge < -0.3 is 9.47 Å². The molecule has 1 aromatic carbocycles. The first-order chi connectivity index (χ1) is 13.4. The molecule has 0 N–H and O–H groups in total. The summed E-state index contributed by atoms with van der Waals surface area (Å²) in [5.74, 6) is 0.601. The van der Waals surface area contributed by atoms with Crippen molar-refractivity contribution in [3.63, 3.8) is 0 Å². The zero-order chi connectivity index (χ0) is 20.3. The number of nitrogens with zero attached hydrogens (tertiary/aromatic N) is 1. The lowest BCUT2D eigenvalue weighted by Crippen LogP contribution is -2.42. The molecule has 28 heavy (non-hydrogen) atoms. The zero-order valence-electron chi connectivity index (χ0n) is 16.3. The summed E-state index contributed by atoms with van der Waals surface area (Å²) in [6, 6.07) is 8.57. The molecule has 1 aliphatic heterocycles. The molecule has 3 rings (SSSR count). The quantitative estimate of drug-likeness (QED) is 0.636. The van der Waals surface area contributed by atoms with Crippen molar-refractivity contribution in [2.45, 2.75) is 30.4 Å². The van der Waals surface area contributed by atoms with Crippen LogP contribution in [0.1, 0.15) is 35.0 Å². The molecular formula is C20H25NO5S2. The van der Waals surface area contributed by atoms with E-state index in [9.17, 15) is 13.2 Å². The first-order valence-electron chi connectivity index (χ1n) is 9.25. The van der Waals surface area contributed by atoms with Gasteiger partial charge in [-0.25, -0.2) is 8.42 Å². The highest BCUT2D eigenvalue weighted by Gasteiger charge is 2.34. The number of hydrogen-bond acceptors (Lipinski definition) is 6. The number of sulfonamides is 1. The van der Waals surface area contributed by atoms with Gasteiger partial charge in [-0.15, -0.1) is 11.3 Å². The molecule has 1 fully saturated rings. The minimum Gasteiger partial charge on any atom is -0.493 e. The highest BCUT2D eigenvalue weighted by Crippen LogP contribution is 2.32. The number of hydrogen-bond donors (Lipinski definition) is 0. The summed E-state index contributed by atoms with van der Waals surface area (Å²) < 4.78 is 38.3. The summed E-state index contributed by atoms with van der Waals surface area (Å²) >= 11 is 1.30. The number of ketones is 1. The first kappa shape index (κ1) is 20.8. The van der Waals surface area contributed by atoms with Crippen molar-refractivity contribution in [2.75, 3.05) is 27.3 Å². The van der Waals surface area contributed by atoms with E-state index in [1.165, 1.54) is 29.9 Å². The number of thiophene rings is 1. The van der Waals surface area contributed by atoms with Crippen LogP contribution in [-0.2, 0) is 16.4 Å². The largest absolute Gasteiger partial charge is 0.493 e. The van der Waals surface area contributed by atoms with Crippen LogP contribution in [0.15, 0.2) is 34.5 Å². The van der Waals surface area contributed by atoms with Gasteiger partial charge in [0.15, 0.2) is 17.3 Å². The maximum atomic E-state index is 13.0. The standard InChI is InChI=1S/C20H25NO5S2/c1-4-16-8-10-19(27-16)28(23,24)21-11-5-6-15(13-21)20(22)14-7-9-17(25-2)18(12-14)26-3/h7-10,12,15H,4-6,11,13H2,1-3H3. The van der Waals surface area contributed by atoms with Crippen LogP contribution in [-0.4, -0.2) is 45.8 Å². The number of methoxy groups -OCH3 is 2. The summed E-state index contributed by atoms with van der Waals surface area (Å²) in [6.45, 7) is 2.65. The van der Waals surface area contributed by atoms with Gasteiger partial charge in [0.25, 0.3) is 10.0 Å². The van der Waals surface area contributed by atoms with E-state index in [2.05, 4.69) is 0 Å². The summed E-state index contributed by atoms with van der Waals surface area (Å²) in [5, 5.41) is 0. The number of carbonyl (C=O) groups excluding carboxylic acids is 1. The van der Waals surface area contributed by atoms with Gasteiger partial charge in [-0.2, -0.15) is 4.31 Å². The van der Waals surface area contributed by atoms with Gasteiger partial charge in [-0.1, -0.05) is 6.92 Å². The summed E-state index contributed by atoms with van der Waals surface area (Å²) in [4.78, 5) is 14.0. The van der Waals surface area contributed by atoms with Crippen LogP contribution in [0.3, 0.4) is 0 Å². The molecule has 0 radical (unpaired) electrons. The minimum absolute atomic E-state index is 0.0683. The number of ether oxygens (including phenoxy) is 2. The van der Waals surface area contributed by atoms with E-state index in [1.54, 1.807) is 24.3 Å². The average molecular weight is 424 g/mol. The molecule has 152 valence electrons. The van der Waals surface area contributed by atoms with Gasteiger partial charge in [-0.05, 0) is 49.6 Å². The Morgan fingerprint density at radius 2 is 1.93 bits per heavy atom. The third-order valence-corrected chi connectivity index (χ3v) is 8.56. The second-order valence-electron chi connectivity index (χ2n) is 6.71. The maximum Gasteiger partial charge on any atom is 0.252 e. The SMILES string of the molecule is CCc1ccc(S(=O)(=O)N2CCCC(C(=O)c3ccc(OC)c(OC)c3)C2)s1. The van der Waals surface area contributed by atoms with Crippen molar-refractivity contribution in [2.24, 2.45) is 5.92 Å². The number of carbonyl (C=O) groups is 1. The van der Waals surface area contributed by atoms with Gasteiger partial charge in [0.2, 0.25) is 0 Å². The number of aryl methyl sites for hydroxylation is 1. The summed E-state index contributed by atoms with van der Waals surface area (Å²) in [5.41, 5.74) is 0.506. The summed E-state index contributed by atoms with van der Waals surface area (Å²) in [7, 11) is -0.509. The Balaban J connectivity index is 1.80. The Morgan fingerprint density at radius 1 is 1.18 bits per heavy atom. The molecule has 0 spiro atoms. The zero-order valence-corrected chi connectivity index (χ0v) is 17.9. The molecule has 2 heterocycles. The molecule has 8 heteroatoms. The maximum absolute atomic E-state index is 13.0. The van der Waals surface area contributed by atoms with Gasteiger partial charge in [0, 0.05) is 29.4 Å². The van der Waals surface area contributed by atoms with Crippen LogP contribution >= 0.6 is 11.3 Å². The third-order valence-electron chi connectivity index (χ3n) is 5.00. The summed E-state index contributed by atoms with van der Waals surface area (Å²) in [6.07, 6.45) is 2.14. The van der Waals surface area contributed by atoms with E-state index in [0.29, 0.717) is 40.7 Å². The van der Waals surface area contributed by atoms with E-state index < -0.39 is 10.0 Å². The van der Waals surface area contributed by atoms with Crippen molar-refractivity contribution in [1.29, 1.82) is 0 Å². The normalized spacial score (nSPS) is 18.0. The average Bonchev–Trinajstić information content (AvgIpc) is 3.23. The molecule has 0 aliphatic carbocycles. The first-order valence-corrected chi connectivity index (χ1v) is 11.5. The van der Waals surface area contributed by atoms with E-state index in [1.807, 2.05) is 13.0 Å². The van der Waals surface area contributed by atoms with Crippen molar-refractivity contribution < 1.29 is 22.7 Å². The molecule has 6 nitrogen and oxygen atoms in total. The van der Waals surface area contributed by atoms with Crippen LogP contribution in [0.2, 0.25) is 0 Å². The predicted octanol–water partition coefficient (Wildman–Crippen LogP) is 3.61. The second kappa shape index (κ2) is 8.63. The van der Waals surface area contributed by atoms with Gasteiger partial charge in [0.05, 0.1) is 14.2 Å². The van der Waals surface area contributed by atoms with Gasteiger partial charge in [0.1, 0.15) is 4.21 Å². The highest BCUT2D eigenvalue weighted by atomic mass is 32.2. The molecule has 0 bridgehead atoms. The van der Waals surface area contributed by atoms with Crippen LogP contribution < -0.4 is 9.47 Å². The van der Waals surface area contributed by atoms with Crippen LogP contribution in [0.4, 0.5) is 0 Å². The Kier molecular flexibility index (Phi) is 6.42. The monoisotopic (exact) mass is 423 g/mol. The van der Waals surface area contributed by atoms with Crippen molar-refractivity contribution in [3.8, 4) is 11.5 Å². The van der Waals surface area contributed by atoms with Gasteiger partial charge >= 0.3 is 0 Å². The number of rotatable bonds is 7. The fourth-order valence-electron chi connectivity index (χ4n) is 3.41. The second-order valence-corrected chi connectivity index (χ2v) is 10.0. The van der Waals surface area contributed by atoms with Crippen molar-refractivity contribution in [1.82, 2.24) is 4.31 Å². The predicted molar refractivity (Wildman–Crippen MR) is 109 cm³/mol. The fourth-order valence-corrected chi connectivity index (χ4v) is 6.39. The Morgan fingerprint density at radius 3 is 2.57 bits per heavy atom. The lowest BCUT2D eigenvalue weighted by atomic mass is 9.91. The van der Waals surface area contributed by atoms with E-state index >= 15 is 0 Å². The molecular weight excluding hydrogens is 398 g/mol. The molecule has 2 aromatic rings. The molecule has 1 atom stereocenters. The molecule has 1 saturated heterocycles. The van der Waals surface area contributed by atoms with Crippen molar-refractivity contribution in [3.05, 3.63) is 40.8 Å². The third kappa shape index (κ3) is 4.09. The van der Waals surface area contributed by atoms with E-state index in [0.717, 1.165) is 11.3 Å². The van der Waals surface area contributed by atoms with E-state index in [-0.39, 0.29) is 18.2 Å². The Labute approximate surface area is 170 Å². The molecule has 1 unspecified atom stereocenters. The Hall–Kier alpha value is -1.90. The fraction of sp³-hybridized carbons (Fsp3) is 0.450. The highest BCUT2D eigenvalue weighted by molar-refractivity contribution is 7.91. The topological polar surface area (TPSA) is 72.9 Å². The van der Waals surface area contributed by atoms with Crippen molar-refractivity contribution >= 4 is 27.1 Å². The van der Waals surface area contributed by atoms with Crippen LogP contribution in [0.25, 0.3) is 0 Å². The minimum atomic E-state index is -3.57. The van der Waals surface area contributed by atoms with Crippen LogP contribution in [0.5, 0.6) is 11.5 Å². The van der Waals surface area contributed by atoms with Crippen LogP contribution in [0, 0.1) is 5.92 Å². The Bertz CT molecular complexity index is 951. The smallest absolute Gasteiger partial charge is 0.252 e. The molecule has 1 aliphatic rings.